The molecule has 0 radical (unpaired) electrons. The molecule has 2 rings (SSSR count). The third kappa shape index (κ3) is 5.14. The fourth-order valence-electron chi connectivity index (χ4n) is 2.08. The Morgan fingerprint density at radius 1 is 1.29 bits per heavy atom. The SMILES string of the molecule is CC(=O)OC(C)COC1COCC1OCC1COC(=O)O1. The molecule has 0 aromatic carbocycles. The van der Waals surface area contributed by atoms with Gasteiger partial charge in [-0.1, -0.05) is 0 Å². The second kappa shape index (κ2) is 7.58. The minimum absolute atomic E-state index is 0.196. The second-order valence-electron chi connectivity index (χ2n) is 5.00. The Labute approximate surface area is 122 Å². The Morgan fingerprint density at radius 3 is 2.62 bits per heavy atom. The van der Waals surface area contributed by atoms with Crippen LogP contribution in [0.1, 0.15) is 13.8 Å². The Hall–Kier alpha value is -1.38. The highest BCUT2D eigenvalue weighted by atomic mass is 16.8. The first kappa shape index (κ1) is 16.0. The summed E-state index contributed by atoms with van der Waals surface area (Å²) >= 11 is 0. The molecule has 21 heavy (non-hydrogen) atoms. The Kier molecular flexibility index (Phi) is 5.77. The van der Waals surface area contributed by atoms with Crippen molar-refractivity contribution in [2.75, 3.05) is 33.0 Å². The average Bonchev–Trinajstić information content (AvgIpc) is 3.02. The summed E-state index contributed by atoms with van der Waals surface area (Å²) in [6, 6.07) is 0. The van der Waals surface area contributed by atoms with E-state index >= 15 is 0 Å². The molecule has 2 saturated heterocycles. The molecule has 8 heteroatoms. The van der Waals surface area contributed by atoms with E-state index in [2.05, 4.69) is 4.74 Å². The molecule has 4 atom stereocenters. The van der Waals surface area contributed by atoms with E-state index in [0.29, 0.717) is 13.2 Å². The number of hydrogen-bond acceptors (Lipinski definition) is 8. The minimum Gasteiger partial charge on any atom is -0.460 e. The van der Waals surface area contributed by atoms with Crippen LogP contribution < -0.4 is 0 Å². The van der Waals surface area contributed by atoms with Gasteiger partial charge in [0.1, 0.15) is 24.9 Å². The topological polar surface area (TPSA) is 89.5 Å². The number of carbonyl (C=O) groups is 2. The van der Waals surface area contributed by atoms with Crippen LogP contribution >= 0.6 is 0 Å². The van der Waals surface area contributed by atoms with Crippen molar-refractivity contribution >= 4 is 12.1 Å². The minimum atomic E-state index is -0.672. The van der Waals surface area contributed by atoms with Crippen molar-refractivity contribution in [1.29, 1.82) is 0 Å². The molecular weight excluding hydrogens is 284 g/mol. The van der Waals surface area contributed by atoms with Gasteiger partial charge in [-0.05, 0) is 6.92 Å². The number of carbonyl (C=O) groups excluding carboxylic acids is 2. The fraction of sp³-hybridized carbons (Fsp3) is 0.846. The van der Waals surface area contributed by atoms with Crippen molar-refractivity contribution in [3.8, 4) is 0 Å². The molecule has 0 spiro atoms. The first-order chi connectivity index (χ1) is 10.0. The summed E-state index contributed by atoms with van der Waals surface area (Å²) in [5, 5.41) is 0. The van der Waals surface area contributed by atoms with Crippen LogP contribution in [0.2, 0.25) is 0 Å². The molecule has 0 saturated carbocycles. The summed E-state index contributed by atoms with van der Waals surface area (Å²) in [6.07, 6.45) is -1.87. The molecule has 2 aliphatic rings. The number of hydrogen-bond donors (Lipinski definition) is 0. The molecule has 120 valence electrons. The van der Waals surface area contributed by atoms with Gasteiger partial charge in [0.15, 0.2) is 6.10 Å². The van der Waals surface area contributed by atoms with E-state index in [4.69, 9.17) is 23.7 Å². The van der Waals surface area contributed by atoms with E-state index in [1.165, 1.54) is 6.92 Å². The van der Waals surface area contributed by atoms with Gasteiger partial charge in [0, 0.05) is 6.92 Å². The summed E-state index contributed by atoms with van der Waals surface area (Å²) < 4.78 is 31.1. The smallest absolute Gasteiger partial charge is 0.460 e. The van der Waals surface area contributed by atoms with Gasteiger partial charge in [-0.25, -0.2) is 4.79 Å². The van der Waals surface area contributed by atoms with Crippen molar-refractivity contribution in [3.05, 3.63) is 0 Å². The monoisotopic (exact) mass is 304 g/mol. The first-order valence-corrected chi connectivity index (χ1v) is 6.86. The van der Waals surface area contributed by atoms with Crippen molar-refractivity contribution in [2.45, 2.75) is 38.3 Å². The number of rotatable bonds is 7. The van der Waals surface area contributed by atoms with E-state index < -0.39 is 12.3 Å². The molecule has 2 fully saturated rings. The van der Waals surface area contributed by atoms with Gasteiger partial charge in [-0.2, -0.15) is 0 Å². The van der Waals surface area contributed by atoms with E-state index in [1.54, 1.807) is 6.92 Å². The molecule has 0 aromatic heterocycles. The van der Waals surface area contributed by atoms with Crippen LogP contribution in [0.5, 0.6) is 0 Å². The van der Waals surface area contributed by atoms with Crippen molar-refractivity contribution < 1.29 is 38.0 Å². The van der Waals surface area contributed by atoms with Crippen LogP contribution in [-0.2, 0) is 33.2 Å². The van der Waals surface area contributed by atoms with Crippen molar-refractivity contribution in [1.82, 2.24) is 0 Å². The number of ether oxygens (including phenoxy) is 6. The van der Waals surface area contributed by atoms with Crippen LogP contribution in [0.3, 0.4) is 0 Å². The summed E-state index contributed by atoms with van der Waals surface area (Å²) in [5.41, 5.74) is 0. The van der Waals surface area contributed by atoms with Crippen LogP contribution in [0.25, 0.3) is 0 Å². The summed E-state index contributed by atoms with van der Waals surface area (Å²) in [6.45, 7) is 4.64. The lowest BCUT2D eigenvalue weighted by atomic mass is 10.2. The highest BCUT2D eigenvalue weighted by molar-refractivity contribution is 5.66. The van der Waals surface area contributed by atoms with Gasteiger partial charge in [0.25, 0.3) is 0 Å². The molecule has 0 N–H and O–H groups in total. The zero-order valence-electron chi connectivity index (χ0n) is 12.1. The van der Waals surface area contributed by atoms with Crippen LogP contribution in [0.4, 0.5) is 4.79 Å². The van der Waals surface area contributed by atoms with E-state index in [-0.39, 0.29) is 44.1 Å². The van der Waals surface area contributed by atoms with Gasteiger partial charge in [0.2, 0.25) is 0 Å². The van der Waals surface area contributed by atoms with E-state index in [1.807, 2.05) is 0 Å². The van der Waals surface area contributed by atoms with Gasteiger partial charge in [-0.15, -0.1) is 0 Å². The number of esters is 1. The highest BCUT2D eigenvalue weighted by Gasteiger charge is 2.33. The van der Waals surface area contributed by atoms with Crippen molar-refractivity contribution in [2.24, 2.45) is 0 Å². The van der Waals surface area contributed by atoms with Gasteiger partial charge in [-0.3, -0.25) is 4.79 Å². The molecule has 8 nitrogen and oxygen atoms in total. The Balaban J connectivity index is 1.67. The van der Waals surface area contributed by atoms with Gasteiger partial charge in [0.05, 0.1) is 26.4 Å². The number of cyclic esters (lactones) is 2. The maximum Gasteiger partial charge on any atom is 0.508 e. The Morgan fingerprint density at radius 2 is 2.00 bits per heavy atom. The van der Waals surface area contributed by atoms with Gasteiger partial charge >= 0.3 is 12.1 Å². The van der Waals surface area contributed by atoms with Crippen LogP contribution in [0.15, 0.2) is 0 Å². The third-order valence-corrected chi connectivity index (χ3v) is 3.04. The lowest BCUT2D eigenvalue weighted by Crippen LogP contribution is -2.35. The lowest BCUT2D eigenvalue weighted by Gasteiger charge is -2.21. The summed E-state index contributed by atoms with van der Waals surface area (Å²) in [4.78, 5) is 21.6. The first-order valence-electron chi connectivity index (χ1n) is 6.86. The molecular formula is C13H20O8. The van der Waals surface area contributed by atoms with E-state index in [0.717, 1.165) is 0 Å². The Bertz CT molecular complexity index is 371. The van der Waals surface area contributed by atoms with Crippen LogP contribution in [0, 0.1) is 0 Å². The zero-order valence-corrected chi connectivity index (χ0v) is 12.1. The largest absolute Gasteiger partial charge is 0.508 e. The maximum absolute atomic E-state index is 10.8. The zero-order chi connectivity index (χ0) is 15.2. The van der Waals surface area contributed by atoms with Crippen molar-refractivity contribution in [3.63, 3.8) is 0 Å². The van der Waals surface area contributed by atoms with Crippen LogP contribution in [-0.4, -0.2) is 69.6 Å². The van der Waals surface area contributed by atoms with Gasteiger partial charge < -0.3 is 28.4 Å². The normalized spacial score (nSPS) is 29.8. The molecule has 0 aliphatic carbocycles. The summed E-state index contributed by atoms with van der Waals surface area (Å²) in [7, 11) is 0. The molecule has 0 aromatic rings. The molecule has 2 aliphatic heterocycles. The third-order valence-electron chi connectivity index (χ3n) is 3.04. The van der Waals surface area contributed by atoms with E-state index in [9.17, 15) is 9.59 Å². The predicted molar refractivity (Wildman–Crippen MR) is 67.7 cm³/mol. The maximum atomic E-state index is 10.8. The average molecular weight is 304 g/mol. The molecule has 2 heterocycles. The molecule has 4 unspecified atom stereocenters. The second-order valence-corrected chi connectivity index (χ2v) is 5.00. The standard InChI is InChI=1S/C13H20O8/c1-8(20-9(2)14)3-17-11-6-16-7-12(11)18-4-10-5-19-13(15)21-10/h8,10-12H,3-7H2,1-2H3. The highest BCUT2D eigenvalue weighted by Crippen LogP contribution is 2.16. The lowest BCUT2D eigenvalue weighted by molar-refractivity contribution is -0.151. The quantitative estimate of drug-likeness (QED) is 0.619. The molecule has 0 bridgehead atoms. The predicted octanol–water partition coefficient (Wildman–Crippen LogP) is 0.274. The molecule has 0 amide bonds. The summed E-state index contributed by atoms with van der Waals surface area (Å²) in [5.74, 6) is -0.343. The fourth-order valence-corrected chi connectivity index (χ4v) is 2.08.